The first-order chi connectivity index (χ1) is 10.8. The highest BCUT2D eigenvalue weighted by molar-refractivity contribution is 5.69. The molecular formula is C16H33N3O5. The molecule has 0 aliphatic carbocycles. The van der Waals surface area contributed by atoms with Crippen LogP contribution in [0, 0.1) is 0 Å². The molecule has 0 aromatic carbocycles. The fourth-order valence-electron chi connectivity index (χ4n) is 1.79. The number of nitrogens with zero attached hydrogens (tertiary/aromatic N) is 1. The van der Waals surface area contributed by atoms with Crippen LogP contribution in [0.4, 0.5) is 9.59 Å². The van der Waals surface area contributed by atoms with Gasteiger partial charge in [0.2, 0.25) is 0 Å². The first-order valence-electron chi connectivity index (χ1n) is 8.08. The molecular weight excluding hydrogens is 314 g/mol. The minimum Gasteiger partial charge on any atom is -0.444 e. The highest BCUT2D eigenvalue weighted by Gasteiger charge is 2.22. The number of hydrogen-bond donors (Lipinski definition) is 3. The molecule has 142 valence electrons. The van der Waals surface area contributed by atoms with Crippen molar-refractivity contribution in [2.24, 2.45) is 0 Å². The molecule has 0 aliphatic heterocycles. The predicted octanol–water partition coefficient (Wildman–Crippen LogP) is 1.33. The van der Waals surface area contributed by atoms with Crippen LogP contribution in [0.1, 0.15) is 41.5 Å². The van der Waals surface area contributed by atoms with E-state index in [9.17, 15) is 9.59 Å². The number of ether oxygens (including phenoxy) is 2. The van der Waals surface area contributed by atoms with Crippen molar-refractivity contribution in [3.05, 3.63) is 0 Å². The third-order valence-corrected chi connectivity index (χ3v) is 2.63. The van der Waals surface area contributed by atoms with Gasteiger partial charge in [0.15, 0.2) is 0 Å². The Morgan fingerprint density at radius 1 is 1.04 bits per heavy atom. The van der Waals surface area contributed by atoms with Crippen molar-refractivity contribution in [2.45, 2.75) is 58.8 Å². The van der Waals surface area contributed by atoms with Gasteiger partial charge in [-0.05, 0) is 48.6 Å². The number of rotatable bonds is 7. The van der Waals surface area contributed by atoms with Crippen LogP contribution < -0.4 is 10.6 Å². The van der Waals surface area contributed by atoms with E-state index in [0.29, 0.717) is 13.1 Å². The van der Waals surface area contributed by atoms with Crippen molar-refractivity contribution in [2.75, 3.05) is 33.3 Å². The zero-order chi connectivity index (χ0) is 19.0. The predicted molar refractivity (Wildman–Crippen MR) is 92.0 cm³/mol. The number of likely N-dealkylation sites (N-methyl/N-ethyl adjacent to an activating group) is 1. The smallest absolute Gasteiger partial charge is 0.407 e. The van der Waals surface area contributed by atoms with E-state index in [-0.39, 0.29) is 19.2 Å². The molecule has 0 aromatic heterocycles. The SMILES string of the molecule is CN(CCO)CC(CNC(=O)OC(C)(C)C)NC(=O)OC(C)(C)C. The Balaban J connectivity index is 4.63. The largest absolute Gasteiger partial charge is 0.444 e. The molecule has 0 rings (SSSR count). The Bertz CT molecular complexity index is 401. The molecule has 24 heavy (non-hydrogen) atoms. The Hall–Kier alpha value is -1.54. The van der Waals surface area contributed by atoms with Crippen molar-refractivity contribution >= 4 is 12.2 Å². The van der Waals surface area contributed by atoms with E-state index in [1.807, 2.05) is 11.9 Å². The van der Waals surface area contributed by atoms with Gasteiger partial charge in [0, 0.05) is 19.6 Å². The molecule has 0 aliphatic rings. The summed E-state index contributed by atoms with van der Waals surface area (Å²) in [5.74, 6) is 0. The molecule has 8 heteroatoms. The molecule has 2 amide bonds. The Labute approximate surface area is 144 Å². The van der Waals surface area contributed by atoms with Gasteiger partial charge < -0.3 is 30.1 Å². The molecule has 0 spiro atoms. The first-order valence-corrected chi connectivity index (χ1v) is 8.08. The first kappa shape index (κ1) is 22.5. The number of hydrogen-bond acceptors (Lipinski definition) is 6. The van der Waals surface area contributed by atoms with E-state index in [1.165, 1.54) is 0 Å². The molecule has 8 nitrogen and oxygen atoms in total. The highest BCUT2D eigenvalue weighted by Crippen LogP contribution is 2.08. The monoisotopic (exact) mass is 347 g/mol. The Morgan fingerprint density at radius 2 is 1.54 bits per heavy atom. The quantitative estimate of drug-likeness (QED) is 0.642. The fraction of sp³-hybridized carbons (Fsp3) is 0.875. The summed E-state index contributed by atoms with van der Waals surface area (Å²) < 4.78 is 10.4. The lowest BCUT2D eigenvalue weighted by Gasteiger charge is -2.27. The second kappa shape index (κ2) is 9.68. The van der Waals surface area contributed by atoms with Crippen LogP contribution in [-0.2, 0) is 9.47 Å². The van der Waals surface area contributed by atoms with E-state index < -0.39 is 23.4 Å². The van der Waals surface area contributed by atoms with Crippen LogP contribution in [0.15, 0.2) is 0 Å². The summed E-state index contributed by atoms with van der Waals surface area (Å²) in [7, 11) is 1.81. The highest BCUT2D eigenvalue weighted by atomic mass is 16.6. The molecule has 1 atom stereocenters. The van der Waals surface area contributed by atoms with Crippen LogP contribution in [0.2, 0.25) is 0 Å². The Morgan fingerprint density at radius 3 is 2.00 bits per heavy atom. The van der Waals surface area contributed by atoms with Crippen molar-refractivity contribution in [3.63, 3.8) is 0 Å². The van der Waals surface area contributed by atoms with Crippen molar-refractivity contribution < 1.29 is 24.2 Å². The van der Waals surface area contributed by atoms with E-state index in [0.717, 1.165) is 0 Å². The molecule has 0 saturated carbocycles. The number of amides is 2. The van der Waals surface area contributed by atoms with Gasteiger partial charge in [-0.1, -0.05) is 0 Å². The van der Waals surface area contributed by atoms with E-state index in [2.05, 4.69) is 10.6 Å². The summed E-state index contributed by atoms with van der Waals surface area (Å²) in [6, 6.07) is -0.385. The average molecular weight is 347 g/mol. The number of carbonyl (C=O) groups is 2. The van der Waals surface area contributed by atoms with Crippen molar-refractivity contribution in [3.8, 4) is 0 Å². The zero-order valence-corrected chi connectivity index (χ0v) is 15.9. The lowest BCUT2D eigenvalue weighted by atomic mass is 10.2. The maximum atomic E-state index is 11.9. The lowest BCUT2D eigenvalue weighted by molar-refractivity contribution is 0.0451. The van der Waals surface area contributed by atoms with Gasteiger partial charge in [-0.3, -0.25) is 0 Å². The number of aliphatic hydroxyl groups excluding tert-OH is 1. The van der Waals surface area contributed by atoms with Gasteiger partial charge in [0.05, 0.1) is 12.6 Å². The minimum atomic E-state index is -0.607. The molecule has 0 bridgehead atoms. The summed E-state index contributed by atoms with van der Waals surface area (Å²) in [5.41, 5.74) is -1.20. The third kappa shape index (κ3) is 13.0. The molecule has 1 unspecified atom stereocenters. The Kier molecular flexibility index (Phi) is 9.06. The van der Waals surface area contributed by atoms with Crippen LogP contribution in [-0.4, -0.2) is 72.7 Å². The third-order valence-electron chi connectivity index (χ3n) is 2.63. The molecule has 0 radical (unpaired) electrons. The second-order valence-electron chi connectivity index (χ2n) is 7.71. The van der Waals surface area contributed by atoms with Crippen molar-refractivity contribution in [1.82, 2.24) is 15.5 Å². The topological polar surface area (TPSA) is 100 Å². The number of carbonyl (C=O) groups excluding carboxylic acids is 2. The summed E-state index contributed by atoms with van der Waals surface area (Å²) in [4.78, 5) is 25.5. The summed E-state index contributed by atoms with van der Waals surface area (Å²) in [6.45, 7) is 11.7. The summed E-state index contributed by atoms with van der Waals surface area (Å²) in [5, 5.41) is 14.3. The average Bonchev–Trinajstić information content (AvgIpc) is 2.31. The van der Waals surface area contributed by atoms with Crippen molar-refractivity contribution in [1.29, 1.82) is 0 Å². The van der Waals surface area contributed by atoms with Gasteiger partial charge in [-0.15, -0.1) is 0 Å². The van der Waals surface area contributed by atoms with Crippen LogP contribution in [0.3, 0.4) is 0 Å². The van der Waals surface area contributed by atoms with E-state index in [1.54, 1.807) is 41.5 Å². The number of nitrogens with one attached hydrogen (secondary N) is 2. The van der Waals surface area contributed by atoms with Crippen LogP contribution in [0.25, 0.3) is 0 Å². The van der Waals surface area contributed by atoms with Gasteiger partial charge in [-0.2, -0.15) is 0 Å². The van der Waals surface area contributed by atoms with Crippen LogP contribution in [0.5, 0.6) is 0 Å². The summed E-state index contributed by atoms with van der Waals surface area (Å²) >= 11 is 0. The van der Waals surface area contributed by atoms with Gasteiger partial charge in [-0.25, -0.2) is 9.59 Å². The maximum Gasteiger partial charge on any atom is 0.407 e. The lowest BCUT2D eigenvalue weighted by Crippen LogP contribution is -2.51. The molecule has 3 N–H and O–H groups in total. The number of aliphatic hydroxyl groups is 1. The molecule has 0 saturated heterocycles. The molecule has 0 fully saturated rings. The van der Waals surface area contributed by atoms with Gasteiger partial charge >= 0.3 is 12.2 Å². The number of alkyl carbamates (subject to hydrolysis) is 2. The van der Waals surface area contributed by atoms with Gasteiger partial charge in [0.1, 0.15) is 11.2 Å². The van der Waals surface area contributed by atoms with E-state index in [4.69, 9.17) is 14.6 Å². The summed E-state index contributed by atoms with van der Waals surface area (Å²) in [6.07, 6.45) is -1.11. The standard InChI is InChI=1S/C16H33N3O5/c1-15(2,3)23-13(21)17-10-12(11-19(7)8-9-20)18-14(22)24-16(4,5)6/h12,20H,8-11H2,1-7H3,(H,17,21)(H,18,22). The minimum absolute atomic E-state index is 0.00908. The maximum absolute atomic E-state index is 11.9. The molecule has 0 aromatic rings. The van der Waals surface area contributed by atoms with Crippen LogP contribution >= 0.6 is 0 Å². The molecule has 0 heterocycles. The fourth-order valence-corrected chi connectivity index (χ4v) is 1.79. The zero-order valence-electron chi connectivity index (χ0n) is 15.9. The normalized spacial score (nSPS) is 13.4. The van der Waals surface area contributed by atoms with Gasteiger partial charge in [0.25, 0.3) is 0 Å². The van der Waals surface area contributed by atoms with E-state index >= 15 is 0 Å². The second-order valence-corrected chi connectivity index (χ2v) is 7.71.